The Labute approximate surface area is 102 Å². The van der Waals surface area contributed by atoms with Crippen LogP contribution in [-0.4, -0.2) is 11.5 Å². The van der Waals surface area contributed by atoms with E-state index in [1.807, 2.05) is 11.3 Å². The molecule has 2 unspecified atom stereocenters. The molecule has 90 valence electrons. The van der Waals surface area contributed by atoms with Crippen molar-refractivity contribution in [2.75, 3.05) is 6.54 Å². The van der Waals surface area contributed by atoms with Crippen LogP contribution >= 0.6 is 11.3 Å². The SMILES string of the molecule is Cc1nc(C)c(CNCC2CCCC2C)s1. The van der Waals surface area contributed by atoms with Gasteiger partial charge in [0.25, 0.3) is 0 Å². The number of nitrogens with zero attached hydrogens (tertiary/aromatic N) is 1. The van der Waals surface area contributed by atoms with Gasteiger partial charge in [0.15, 0.2) is 0 Å². The van der Waals surface area contributed by atoms with Crippen molar-refractivity contribution in [2.24, 2.45) is 11.8 Å². The van der Waals surface area contributed by atoms with Crippen LogP contribution in [-0.2, 0) is 6.54 Å². The standard InChI is InChI=1S/C13H22N2S/c1-9-5-4-6-12(9)7-14-8-13-10(2)15-11(3)16-13/h9,12,14H,4-8H2,1-3H3. The van der Waals surface area contributed by atoms with Crippen molar-refractivity contribution in [3.8, 4) is 0 Å². The van der Waals surface area contributed by atoms with Gasteiger partial charge in [-0.2, -0.15) is 0 Å². The minimum Gasteiger partial charge on any atom is -0.311 e. The van der Waals surface area contributed by atoms with Crippen LogP contribution in [0.2, 0.25) is 0 Å². The van der Waals surface area contributed by atoms with Crippen LogP contribution in [0.1, 0.15) is 41.8 Å². The molecule has 1 heterocycles. The second-order valence-electron chi connectivity index (χ2n) is 5.04. The number of thiazole rings is 1. The Morgan fingerprint density at radius 3 is 2.75 bits per heavy atom. The molecule has 1 aliphatic rings. The molecule has 1 fully saturated rings. The molecule has 1 saturated carbocycles. The van der Waals surface area contributed by atoms with Gasteiger partial charge in [-0.1, -0.05) is 19.8 Å². The zero-order chi connectivity index (χ0) is 11.5. The van der Waals surface area contributed by atoms with Gasteiger partial charge in [0.05, 0.1) is 10.7 Å². The average Bonchev–Trinajstić information content (AvgIpc) is 2.75. The fourth-order valence-corrected chi connectivity index (χ4v) is 3.54. The maximum Gasteiger partial charge on any atom is 0.0900 e. The quantitative estimate of drug-likeness (QED) is 0.870. The van der Waals surface area contributed by atoms with Crippen LogP contribution in [0.4, 0.5) is 0 Å². The number of hydrogen-bond donors (Lipinski definition) is 1. The molecule has 0 saturated heterocycles. The van der Waals surface area contributed by atoms with E-state index in [1.165, 1.54) is 41.4 Å². The molecule has 0 radical (unpaired) electrons. The maximum atomic E-state index is 4.45. The van der Waals surface area contributed by atoms with Gasteiger partial charge in [-0.05, 0) is 38.6 Å². The molecule has 0 amide bonds. The van der Waals surface area contributed by atoms with Crippen molar-refractivity contribution in [1.29, 1.82) is 0 Å². The Morgan fingerprint density at radius 2 is 2.19 bits per heavy atom. The van der Waals surface area contributed by atoms with Crippen molar-refractivity contribution < 1.29 is 0 Å². The molecule has 1 aliphatic carbocycles. The van der Waals surface area contributed by atoms with Gasteiger partial charge >= 0.3 is 0 Å². The fourth-order valence-electron chi connectivity index (χ4n) is 2.63. The largest absolute Gasteiger partial charge is 0.311 e. The lowest BCUT2D eigenvalue weighted by Crippen LogP contribution is -2.23. The molecule has 3 heteroatoms. The number of aromatic nitrogens is 1. The first-order chi connectivity index (χ1) is 7.66. The van der Waals surface area contributed by atoms with Crippen LogP contribution in [0.5, 0.6) is 0 Å². The van der Waals surface area contributed by atoms with Gasteiger partial charge in [-0.15, -0.1) is 11.3 Å². The third-order valence-corrected chi connectivity index (χ3v) is 4.80. The summed E-state index contributed by atoms with van der Waals surface area (Å²) in [6, 6.07) is 0. The summed E-state index contributed by atoms with van der Waals surface area (Å²) >= 11 is 1.82. The Bertz CT molecular complexity index is 346. The second-order valence-corrected chi connectivity index (χ2v) is 6.33. The Kier molecular flexibility index (Phi) is 3.98. The Morgan fingerprint density at radius 1 is 1.38 bits per heavy atom. The maximum absolute atomic E-state index is 4.45. The highest BCUT2D eigenvalue weighted by molar-refractivity contribution is 7.11. The number of aryl methyl sites for hydroxylation is 2. The molecule has 0 spiro atoms. The summed E-state index contributed by atoms with van der Waals surface area (Å²) in [5, 5.41) is 4.78. The number of rotatable bonds is 4. The molecule has 0 aliphatic heterocycles. The first-order valence-electron chi connectivity index (χ1n) is 6.30. The van der Waals surface area contributed by atoms with Gasteiger partial charge in [-0.25, -0.2) is 4.98 Å². The van der Waals surface area contributed by atoms with Crippen molar-refractivity contribution in [3.05, 3.63) is 15.6 Å². The first kappa shape index (κ1) is 12.1. The van der Waals surface area contributed by atoms with E-state index in [1.54, 1.807) is 0 Å². The van der Waals surface area contributed by atoms with Crippen LogP contribution in [0.3, 0.4) is 0 Å². The van der Waals surface area contributed by atoms with E-state index in [4.69, 9.17) is 0 Å². The Hall–Kier alpha value is -0.410. The second kappa shape index (κ2) is 5.28. The summed E-state index contributed by atoms with van der Waals surface area (Å²) in [6.07, 6.45) is 4.26. The van der Waals surface area contributed by atoms with Crippen LogP contribution in [0, 0.1) is 25.7 Å². The van der Waals surface area contributed by atoms with Crippen molar-refractivity contribution >= 4 is 11.3 Å². The van der Waals surface area contributed by atoms with Crippen LogP contribution in [0.25, 0.3) is 0 Å². The fraction of sp³-hybridized carbons (Fsp3) is 0.769. The monoisotopic (exact) mass is 238 g/mol. The third kappa shape index (κ3) is 2.83. The van der Waals surface area contributed by atoms with Gasteiger partial charge in [-0.3, -0.25) is 0 Å². The predicted molar refractivity (Wildman–Crippen MR) is 69.8 cm³/mol. The average molecular weight is 238 g/mol. The summed E-state index contributed by atoms with van der Waals surface area (Å²) in [5.74, 6) is 1.81. The van der Waals surface area contributed by atoms with Gasteiger partial charge in [0.1, 0.15) is 0 Å². The third-order valence-electron chi connectivity index (χ3n) is 3.73. The zero-order valence-corrected chi connectivity index (χ0v) is 11.4. The summed E-state index contributed by atoms with van der Waals surface area (Å²) < 4.78 is 0. The van der Waals surface area contributed by atoms with Gasteiger partial charge in [0.2, 0.25) is 0 Å². The van der Waals surface area contributed by atoms with Crippen LogP contribution in [0.15, 0.2) is 0 Å². The molecule has 2 atom stereocenters. The molecule has 16 heavy (non-hydrogen) atoms. The minimum atomic E-state index is 0.898. The first-order valence-corrected chi connectivity index (χ1v) is 7.12. The molecular weight excluding hydrogens is 216 g/mol. The van der Waals surface area contributed by atoms with Crippen LogP contribution < -0.4 is 5.32 Å². The number of nitrogens with one attached hydrogen (secondary N) is 1. The smallest absolute Gasteiger partial charge is 0.0900 e. The Balaban J connectivity index is 1.77. The van der Waals surface area contributed by atoms with E-state index >= 15 is 0 Å². The molecular formula is C13H22N2S. The lowest BCUT2D eigenvalue weighted by Gasteiger charge is -2.15. The predicted octanol–water partition coefficient (Wildman–Crippen LogP) is 3.29. The lowest BCUT2D eigenvalue weighted by molar-refractivity contribution is 0.392. The van der Waals surface area contributed by atoms with Crippen molar-refractivity contribution in [2.45, 2.75) is 46.6 Å². The van der Waals surface area contributed by atoms with E-state index in [2.05, 4.69) is 31.1 Å². The highest BCUT2D eigenvalue weighted by Gasteiger charge is 2.22. The summed E-state index contributed by atoms with van der Waals surface area (Å²) in [4.78, 5) is 5.86. The molecule has 0 aromatic carbocycles. The van der Waals surface area contributed by atoms with E-state index in [0.29, 0.717) is 0 Å². The highest BCUT2D eigenvalue weighted by atomic mass is 32.1. The zero-order valence-electron chi connectivity index (χ0n) is 10.5. The normalized spacial score (nSPS) is 25.2. The van der Waals surface area contributed by atoms with E-state index < -0.39 is 0 Å². The van der Waals surface area contributed by atoms with Gasteiger partial charge < -0.3 is 5.32 Å². The van der Waals surface area contributed by atoms with Gasteiger partial charge in [0, 0.05) is 11.4 Å². The molecule has 2 nitrogen and oxygen atoms in total. The number of hydrogen-bond acceptors (Lipinski definition) is 3. The topological polar surface area (TPSA) is 24.9 Å². The summed E-state index contributed by atoms with van der Waals surface area (Å²) in [7, 11) is 0. The minimum absolute atomic E-state index is 0.898. The molecule has 1 N–H and O–H groups in total. The summed E-state index contributed by atoms with van der Waals surface area (Å²) in [6.45, 7) is 8.76. The molecule has 1 aromatic heterocycles. The highest BCUT2D eigenvalue weighted by Crippen LogP contribution is 2.30. The van der Waals surface area contributed by atoms with Crippen molar-refractivity contribution in [3.63, 3.8) is 0 Å². The molecule has 1 aromatic rings. The lowest BCUT2D eigenvalue weighted by atomic mass is 9.98. The van der Waals surface area contributed by atoms with E-state index in [0.717, 1.165) is 18.4 Å². The van der Waals surface area contributed by atoms with E-state index in [-0.39, 0.29) is 0 Å². The van der Waals surface area contributed by atoms with Crippen molar-refractivity contribution in [1.82, 2.24) is 10.3 Å². The molecule has 2 rings (SSSR count). The molecule has 0 bridgehead atoms. The summed E-state index contributed by atoms with van der Waals surface area (Å²) in [5.41, 5.74) is 1.20. The van der Waals surface area contributed by atoms with E-state index in [9.17, 15) is 0 Å².